The molecule has 1 N–H and O–H groups in total. The number of hydrogen-bond donors (Lipinski definition) is 1. The minimum Gasteiger partial charge on any atom is -0.372 e. The summed E-state index contributed by atoms with van der Waals surface area (Å²) in [4.78, 5) is 22.2. The maximum absolute atomic E-state index is 12.9. The van der Waals surface area contributed by atoms with Crippen molar-refractivity contribution in [1.82, 2.24) is 15.1 Å². The molecule has 1 aliphatic carbocycles. The summed E-state index contributed by atoms with van der Waals surface area (Å²) in [6.07, 6.45) is 5.68. The number of guanidine groups is 1. The van der Waals surface area contributed by atoms with E-state index in [1.807, 2.05) is 43.0 Å². The number of nitrogens with zero attached hydrogens (tertiary/aromatic N) is 3. The van der Waals surface area contributed by atoms with Gasteiger partial charge in [0.15, 0.2) is 5.96 Å². The van der Waals surface area contributed by atoms with E-state index in [1.54, 1.807) is 0 Å². The van der Waals surface area contributed by atoms with Crippen molar-refractivity contribution in [3.8, 4) is 0 Å². The van der Waals surface area contributed by atoms with Gasteiger partial charge in [-0.05, 0) is 63.1 Å². The van der Waals surface area contributed by atoms with Gasteiger partial charge >= 0.3 is 0 Å². The summed E-state index contributed by atoms with van der Waals surface area (Å²) in [6, 6.07) is 7.96. The molecule has 4 unspecified atom stereocenters. The van der Waals surface area contributed by atoms with E-state index >= 15 is 0 Å². The third kappa shape index (κ3) is 6.16. The SMILES string of the molecule is CCNC(=NCc1ccc(C(=O)N2CC(C)OC(C)C2)cc1)N1CC2CCCCC2C1.I. The topological polar surface area (TPSA) is 57.2 Å². The fraction of sp³-hybridized carbons (Fsp3) is 0.680. The number of carbonyl (C=O) groups excluding carboxylic acids is 1. The van der Waals surface area contributed by atoms with Crippen LogP contribution in [0.4, 0.5) is 0 Å². The largest absolute Gasteiger partial charge is 0.372 e. The maximum atomic E-state index is 12.9. The number of aliphatic imine (C=N–C) groups is 1. The number of rotatable bonds is 4. The van der Waals surface area contributed by atoms with Gasteiger partial charge in [0.2, 0.25) is 0 Å². The van der Waals surface area contributed by atoms with Crippen LogP contribution in [0.15, 0.2) is 29.3 Å². The standard InChI is InChI=1S/C25H38N4O2.HI/c1-4-26-25(29-16-22-7-5-6-8-23(22)17-29)27-13-20-9-11-21(12-10-20)24(30)28-14-18(2)31-19(3)15-28;/h9-12,18-19,22-23H,4-8,13-17H2,1-3H3,(H,26,27);1H. The molecule has 1 saturated carbocycles. The second-order valence-corrected chi connectivity index (χ2v) is 9.54. The highest BCUT2D eigenvalue weighted by Gasteiger charge is 2.35. The first-order chi connectivity index (χ1) is 15.0. The Morgan fingerprint density at radius 3 is 2.16 bits per heavy atom. The average Bonchev–Trinajstić information content (AvgIpc) is 3.20. The van der Waals surface area contributed by atoms with Gasteiger partial charge in [-0.15, -0.1) is 24.0 Å². The first-order valence-corrected chi connectivity index (χ1v) is 12.1. The molecule has 32 heavy (non-hydrogen) atoms. The molecule has 0 radical (unpaired) electrons. The molecule has 4 atom stereocenters. The van der Waals surface area contributed by atoms with Gasteiger partial charge in [-0.2, -0.15) is 0 Å². The van der Waals surface area contributed by atoms with Crippen LogP contribution in [0.3, 0.4) is 0 Å². The van der Waals surface area contributed by atoms with Crippen molar-refractivity contribution in [1.29, 1.82) is 0 Å². The third-order valence-corrected chi connectivity index (χ3v) is 6.93. The van der Waals surface area contributed by atoms with Gasteiger partial charge in [-0.1, -0.05) is 25.0 Å². The van der Waals surface area contributed by atoms with E-state index in [4.69, 9.17) is 9.73 Å². The van der Waals surface area contributed by atoms with Gasteiger partial charge in [0.05, 0.1) is 18.8 Å². The Hall–Kier alpha value is -1.35. The number of morpholine rings is 1. The monoisotopic (exact) mass is 554 g/mol. The molecule has 1 amide bonds. The molecule has 6 nitrogen and oxygen atoms in total. The van der Waals surface area contributed by atoms with E-state index in [1.165, 1.54) is 25.7 Å². The van der Waals surface area contributed by atoms with Crippen LogP contribution in [0.25, 0.3) is 0 Å². The van der Waals surface area contributed by atoms with Crippen molar-refractivity contribution >= 4 is 35.8 Å². The van der Waals surface area contributed by atoms with Crippen LogP contribution < -0.4 is 5.32 Å². The van der Waals surface area contributed by atoms with Crippen molar-refractivity contribution in [3.05, 3.63) is 35.4 Å². The van der Waals surface area contributed by atoms with Gasteiger partial charge < -0.3 is 19.9 Å². The number of halogens is 1. The minimum atomic E-state index is 0. The van der Waals surface area contributed by atoms with Crippen molar-refractivity contribution in [2.75, 3.05) is 32.7 Å². The summed E-state index contributed by atoms with van der Waals surface area (Å²) in [5.74, 6) is 2.81. The van der Waals surface area contributed by atoms with Crippen molar-refractivity contribution in [3.63, 3.8) is 0 Å². The molecular formula is C25H39IN4O2. The lowest BCUT2D eigenvalue weighted by molar-refractivity contribution is -0.0586. The van der Waals surface area contributed by atoms with Crippen LogP contribution in [0.2, 0.25) is 0 Å². The first kappa shape index (κ1) is 25.3. The number of ether oxygens (including phenoxy) is 1. The van der Waals surface area contributed by atoms with Crippen LogP contribution in [-0.2, 0) is 11.3 Å². The van der Waals surface area contributed by atoms with E-state index in [0.29, 0.717) is 19.6 Å². The highest BCUT2D eigenvalue weighted by atomic mass is 127. The fourth-order valence-corrected chi connectivity index (χ4v) is 5.45. The number of amides is 1. The summed E-state index contributed by atoms with van der Waals surface area (Å²) in [7, 11) is 0. The summed E-state index contributed by atoms with van der Waals surface area (Å²) in [6.45, 7) is 11.3. The zero-order valence-electron chi connectivity index (χ0n) is 19.8. The predicted octanol–water partition coefficient (Wildman–Crippen LogP) is 4.14. The predicted molar refractivity (Wildman–Crippen MR) is 140 cm³/mol. The lowest BCUT2D eigenvalue weighted by Gasteiger charge is -2.35. The zero-order valence-corrected chi connectivity index (χ0v) is 22.1. The van der Waals surface area contributed by atoms with Crippen molar-refractivity contribution in [2.24, 2.45) is 16.8 Å². The Morgan fingerprint density at radius 1 is 1.00 bits per heavy atom. The molecule has 4 rings (SSSR count). The Bertz CT molecular complexity index is 761. The second kappa shape index (κ2) is 11.7. The van der Waals surface area contributed by atoms with E-state index in [2.05, 4.69) is 17.1 Å². The quantitative estimate of drug-likeness (QED) is 0.346. The zero-order chi connectivity index (χ0) is 21.8. The molecule has 1 aromatic carbocycles. The highest BCUT2D eigenvalue weighted by Crippen LogP contribution is 2.36. The van der Waals surface area contributed by atoms with Crippen LogP contribution >= 0.6 is 24.0 Å². The number of likely N-dealkylation sites (tertiary alicyclic amines) is 1. The third-order valence-electron chi connectivity index (χ3n) is 6.93. The molecule has 1 aromatic rings. The summed E-state index contributed by atoms with van der Waals surface area (Å²) in [5.41, 5.74) is 1.87. The van der Waals surface area contributed by atoms with Crippen LogP contribution in [0.5, 0.6) is 0 Å². The summed E-state index contributed by atoms with van der Waals surface area (Å²) < 4.78 is 5.75. The number of fused-ring (bicyclic) bond motifs is 1. The van der Waals surface area contributed by atoms with E-state index in [-0.39, 0.29) is 42.1 Å². The average molecular weight is 555 g/mol. The highest BCUT2D eigenvalue weighted by molar-refractivity contribution is 14.0. The number of nitrogens with one attached hydrogen (secondary N) is 1. The Morgan fingerprint density at radius 2 is 1.59 bits per heavy atom. The van der Waals surface area contributed by atoms with Gasteiger partial charge in [0, 0.05) is 38.3 Å². The van der Waals surface area contributed by atoms with Gasteiger partial charge in [0.25, 0.3) is 5.91 Å². The van der Waals surface area contributed by atoms with Gasteiger partial charge in [-0.25, -0.2) is 4.99 Å². The second-order valence-electron chi connectivity index (χ2n) is 9.54. The maximum Gasteiger partial charge on any atom is 0.254 e. The van der Waals surface area contributed by atoms with E-state index in [0.717, 1.165) is 48.6 Å². The smallest absolute Gasteiger partial charge is 0.254 e. The summed E-state index contributed by atoms with van der Waals surface area (Å²) >= 11 is 0. The molecule has 2 heterocycles. The Labute approximate surface area is 210 Å². The molecule has 7 heteroatoms. The number of hydrogen-bond acceptors (Lipinski definition) is 3. The van der Waals surface area contributed by atoms with Gasteiger partial charge in [0.1, 0.15) is 0 Å². The molecule has 2 aliphatic heterocycles. The van der Waals surface area contributed by atoms with Crippen LogP contribution in [-0.4, -0.2) is 66.6 Å². The normalized spacial score (nSPS) is 28.2. The first-order valence-electron chi connectivity index (χ1n) is 12.1. The molecule has 2 saturated heterocycles. The van der Waals surface area contributed by atoms with Crippen LogP contribution in [0, 0.1) is 11.8 Å². The van der Waals surface area contributed by atoms with E-state index in [9.17, 15) is 4.79 Å². The Kier molecular flexibility index (Phi) is 9.22. The number of carbonyl (C=O) groups is 1. The fourth-order valence-electron chi connectivity index (χ4n) is 5.45. The lowest BCUT2D eigenvalue weighted by Crippen LogP contribution is -2.48. The molecule has 178 valence electrons. The van der Waals surface area contributed by atoms with E-state index < -0.39 is 0 Å². The molecule has 0 bridgehead atoms. The molecular weight excluding hydrogens is 515 g/mol. The minimum absolute atomic E-state index is 0. The summed E-state index contributed by atoms with van der Waals surface area (Å²) in [5, 5.41) is 3.49. The molecule has 0 aromatic heterocycles. The van der Waals surface area contributed by atoms with Crippen LogP contribution in [0.1, 0.15) is 62.4 Å². The van der Waals surface area contributed by atoms with Crippen molar-refractivity contribution in [2.45, 2.75) is 65.2 Å². The lowest BCUT2D eigenvalue weighted by atomic mass is 9.82. The number of benzene rings is 1. The van der Waals surface area contributed by atoms with Crippen molar-refractivity contribution < 1.29 is 9.53 Å². The molecule has 0 spiro atoms. The van der Waals surface area contributed by atoms with Gasteiger partial charge in [-0.3, -0.25) is 4.79 Å². The molecule has 3 fully saturated rings. The molecule has 3 aliphatic rings. The Balaban J connectivity index is 0.00000289.